The van der Waals surface area contributed by atoms with Crippen molar-refractivity contribution in [3.8, 4) is 0 Å². The number of fused-ring (bicyclic) bond motifs is 2. The quantitative estimate of drug-likeness (QED) is 0.907. The van der Waals surface area contributed by atoms with E-state index in [0.717, 1.165) is 29.9 Å². The van der Waals surface area contributed by atoms with Gasteiger partial charge in [-0.2, -0.15) is 0 Å². The first-order valence-electron chi connectivity index (χ1n) is 8.03. The number of hydrogen-bond acceptors (Lipinski definition) is 5. The van der Waals surface area contributed by atoms with Crippen molar-refractivity contribution < 1.29 is 28.2 Å². The first-order valence-corrected chi connectivity index (χ1v) is 8.03. The maximum atomic E-state index is 14.6. The second kappa shape index (κ2) is 5.86. The van der Waals surface area contributed by atoms with Crippen molar-refractivity contribution in [2.24, 2.45) is 0 Å². The topological polar surface area (TPSA) is 62.2 Å². The Kier molecular flexibility index (Phi) is 3.80. The minimum Gasteiger partial charge on any atom is -0.441 e. The number of benzene rings is 1. The molecule has 3 unspecified atom stereocenters. The normalized spacial score (nSPS) is 29.3. The predicted molar refractivity (Wildman–Crippen MR) is 81.2 cm³/mol. The summed E-state index contributed by atoms with van der Waals surface area (Å²) in [6, 6.07) is 2.27. The summed E-state index contributed by atoms with van der Waals surface area (Å²) in [5.41, 5.74) is 0.0103. The average molecular weight is 340 g/mol. The van der Waals surface area contributed by atoms with Gasteiger partial charge in [-0.05, 0) is 12.8 Å². The van der Waals surface area contributed by atoms with Crippen LogP contribution in [0, 0.1) is 11.6 Å². The Morgan fingerprint density at radius 2 is 1.75 bits per heavy atom. The van der Waals surface area contributed by atoms with Crippen molar-refractivity contribution in [3.05, 3.63) is 23.8 Å². The number of aliphatic hydroxyl groups is 1. The third kappa shape index (κ3) is 2.59. The molecule has 3 saturated heterocycles. The molecule has 2 bridgehead atoms. The number of nitrogens with zero attached hydrogens (tertiary/aromatic N) is 2. The molecule has 3 atom stereocenters. The lowest BCUT2D eigenvalue weighted by Crippen LogP contribution is -2.43. The van der Waals surface area contributed by atoms with Crippen LogP contribution in [0.1, 0.15) is 12.8 Å². The molecule has 3 fully saturated rings. The van der Waals surface area contributed by atoms with Crippen LogP contribution in [-0.2, 0) is 9.47 Å². The van der Waals surface area contributed by atoms with Crippen molar-refractivity contribution in [2.75, 3.05) is 36.0 Å². The van der Waals surface area contributed by atoms with E-state index < -0.39 is 23.8 Å². The Balaban J connectivity index is 1.61. The van der Waals surface area contributed by atoms with Crippen LogP contribution in [0.5, 0.6) is 0 Å². The van der Waals surface area contributed by atoms with Crippen LogP contribution in [0.15, 0.2) is 12.1 Å². The summed E-state index contributed by atoms with van der Waals surface area (Å²) in [4.78, 5) is 14.6. The molecule has 0 aromatic heterocycles. The van der Waals surface area contributed by atoms with Crippen LogP contribution in [0.3, 0.4) is 0 Å². The molecule has 1 amide bonds. The van der Waals surface area contributed by atoms with Gasteiger partial charge in [-0.1, -0.05) is 0 Å². The maximum Gasteiger partial charge on any atom is 0.414 e. The van der Waals surface area contributed by atoms with Crippen molar-refractivity contribution in [2.45, 2.75) is 31.2 Å². The number of aliphatic hydroxyl groups excluding tert-OH is 1. The number of halogens is 2. The highest BCUT2D eigenvalue weighted by Gasteiger charge is 2.37. The zero-order valence-corrected chi connectivity index (χ0v) is 13.0. The standard InChI is InChI=1S/C16H18F2N2O4/c17-13-3-9(20-7-12(8-21)24-16(20)22)4-14(18)15(13)19-5-10-1-2-11(6-19)23-10/h3-4,10-12,21H,1-2,5-8H2. The van der Waals surface area contributed by atoms with E-state index in [-0.39, 0.29) is 36.7 Å². The molecule has 1 N–H and O–H groups in total. The van der Waals surface area contributed by atoms with Gasteiger partial charge in [0, 0.05) is 25.2 Å². The van der Waals surface area contributed by atoms with Crippen molar-refractivity contribution >= 4 is 17.5 Å². The van der Waals surface area contributed by atoms with E-state index in [9.17, 15) is 13.6 Å². The number of ether oxygens (including phenoxy) is 2. The third-order valence-electron chi connectivity index (χ3n) is 4.75. The van der Waals surface area contributed by atoms with Crippen molar-refractivity contribution in [1.29, 1.82) is 0 Å². The molecule has 24 heavy (non-hydrogen) atoms. The van der Waals surface area contributed by atoms with Crippen LogP contribution in [0.2, 0.25) is 0 Å². The third-order valence-corrected chi connectivity index (χ3v) is 4.75. The summed E-state index contributed by atoms with van der Waals surface area (Å²) in [5.74, 6) is -1.43. The Morgan fingerprint density at radius 3 is 2.29 bits per heavy atom. The SMILES string of the molecule is O=C1OC(CO)CN1c1cc(F)c(N2CC3CCC(C2)O3)c(F)c1. The van der Waals surface area contributed by atoms with E-state index in [0.29, 0.717) is 13.1 Å². The van der Waals surface area contributed by atoms with E-state index in [1.54, 1.807) is 4.90 Å². The highest BCUT2D eigenvalue weighted by molar-refractivity contribution is 5.90. The van der Waals surface area contributed by atoms with Crippen LogP contribution in [-0.4, -0.2) is 55.8 Å². The fraction of sp³-hybridized carbons (Fsp3) is 0.562. The van der Waals surface area contributed by atoms with E-state index in [1.165, 1.54) is 0 Å². The average Bonchev–Trinajstić information content (AvgIpc) is 3.08. The lowest BCUT2D eigenvalue weighted by atomic mass is 10.2. The van der Waals surface area contributed by atoms with Crippen molar-refractivity contribution in [3.63, 3.8) is 0 Å². The molecule has 3 aliphatic rings. The van der Waals surface area contributed by atoms with Gasteiger partial charge in [0.2, 0.25) is 0 Å². The van der Waals surface area contributed by atoms with Gasteiger partial charge in [0.1, 0.15) is 11.8 Å². The second-order valence-electron chi connectivity index (χ2n) is 6.42. The molecule has 130 valence electrons. The summed E-state index contributed by atoms with van der Waals surface area (Å²) in [6.07, 6.45) is 0.445. The number of carbonyl (C=O) groups is 1. The number of cyclic esters (lactones) is 1. The van der Waals surface area contributed by atoms with Gasteiger partial charge >= 0.3 is 6.09 Å². The molecular weight excluding hydrogens is 322 g/mol. The smallest absolute Gasteiger partial charge is 0.414 e. The summed E-state index contributed by atoms with van der Waals surface area (Å²) < 4.78 is 39.8. The molecule has 1 aromatic carbocycles. The van der Waals surface area contributed by atoms with Crippen LogP contribution in [0.4, 0.5) is 25.0 Å². The fourth-order valence-corrected chi connectivity index (χ4v) is 3.63. The van der Waals surface area contributed by atoms with E-state index >= 15 is 0 Å². The number of hydrogen-bond donors (Lipinski definition) is 1. The highest BCUT2D eigenvalue weighted by atomic mass is 19.1. The van der Waals surface area contributed by atoms with E-state index in [4.69, 9.17) is 14.6 Å². The van der Waals surface area contributed by atoms with Gasteiger partial charge in [-0.25, -0.2) is 13.6 Å². The molecule has 1 aromatic rings. The molecule has 3 aliphatic heterocycles. The van der Waals surface area contributed by atoms with Crippen LogP contribution >= 0.6 is 0 Å². The van der Waals surface area contributed by atoms with Gasteiger partial charge < -0.3 is 19.5 Å². The monoisotopic (exact) mass is 340 g/mol. The number of anilines is 2. The first-order chi connectivity index (χ1) is 11.5. The number of morpholine rings is 1. The maximum absolute atomic E-state index is 14.6. The lowest BCUT2D eigenvalue weighted by molar-refractivity contribution is 0.0300. The zero-order chi connectivity index (χ0) is 16.8. The molecule has 4 rings (SSSR count). The van der Waals surface area contributed by atoms with E-state index in [1.807, 2.05) is 0 Å². The molecule has 0 radical (unpaired) electrons. The van der Waals surface area contributed by atoms with Gasteiger partial charge in [-0.15, -0.1) is 0 Å². The van der Waals surface area contributed by atoms with Crippen LogP contribution < -0.4 is 9.80 Å². The predicted octanol–water partition coefficient (Wildman–Crippen LogP) is 1.65. The van der Waals surface area contributed by atoms with Gasteiger partial charge in [0.05, 0.1) is 31.0 Å². The Bertz CT molecular complexity index is 636. The molecule has 0 spiro atoms. The number of rotatable bonds is 3. The highest BCUT2D eigenvalue weighted by Crippen LogP contribution is 2.35. The largest absolute Gasteiger partial charge is 0.441 e. The summed E-state index contributed by atoms with van der Waals surface area (Å²) in [6.45, 7) is 0.654. The van der Waals surface area contributed by atoms with Crippen LogP contribution in [0.25, 0.3) is 0 Å². The lowest BCUT2D eigenvalue weighted by Gasteiger charge is -2.34. The molecule has 3 heterocycles. The Labute approximate surface area is 137 Å². The van der Waals surface area contributed by atoms with Crippen molar-refractivity contribution in [1.82, 2.24) is 0 Å². The fourth-order valence-electron chi connectivity index (χ4n) is 3.63. The van der Waals surface area contributed by atoms with Gasteiger partial charge in [0.15, 0.2) is 11.6 Å². The Hall–Kier alpha value is -1.93. The molecule has 0 saturated carbocycles. The number of carbonyl (C=O) groups excluding carboxylic acids is 1. The zero-order valence-electron chi connectivity index (χ0n) is 13.0. The van der Waals surface area contributed by atoms with Gasteiger partial charge in [0.25, 0.3) is 0 Å². The molecule has 6 nitrogen and oxygen atoms in total. The summed E-state index contributed by atoms with van der Waals surface area (Å²) in [5, 5.41) is 9.06. The summed E-state index contributed by atoms with van der Waals surface area (Å²) in [7, 11) is 0. The second-order valence-corrected chi connectivity index (χ2v) is 6.42. The minimum absolute atomic E-state index is 0.0149. The Morgan fingerprint density at radius 1 is 1.12 bits per heavy atom. The molecule has 8 heteroatoms. The number of amides is 1. The summed E-state index contributed by atoms with van der Waals surface area (Å²) >= 11 is 0. The minimum atomic E-state index is -0.718. The van der Waals surface area contributed by atoms with Gasteiger partial charge in [-0.3, -0.25) is 4.90 Å². The molecule has 0 aliphatic carbocycles. The van der Waals surface area contributed by atoms with E-state index in [2.05, 4.69) is 0 Å². The molecular formula is C16H18F2N2O4. The first kappa shape index (κ1) is 15.6.